The molecule has 1 amide bonds. The lowest BCUT2D eigenvalue weighted by atomic mass is 9.93. The molecule has 4 rings (SSSR count). The first-order valence-electron chi connectivity index (χ1n) is 8.11. The minimum atomic E-state index is -0.142. The average Bonchev–Trinajstić information content (AvgIpc) is 3.02. The molecule has 0 fully saturated rings. The van der Waals surface area contributed by atoms with Gasteiger partial charge in [-0.1, -0.05) is 36.4 Å². The van der Waals surface area contributed by atoms with Gasteiger partial charge in [0.25, 0.3) is 0 Å². The number of fused-ring (bicyclic) bond motifs is 2. The van der Waals surface area contributed by atoms with Crippen LogP contribution in [0, 0.1) is 0 Å². The number of likely N-dealkylation sites (N-methyl/N-ethyl adjacent to an activating group) is 1. The first-order valence-corrected chi connectivity index (χ1v) is 8.93. The summed E-state index contributed by atoms with van der Waals surface area (Å²) in [5.74, 6) is 0.0746. The Morgan fingerprint density at radius 1 is 1.21 bits per heavy atom. The number of carbonyl (C=O) groups excluding carboxylic acids is 1. The molecule has 5 heteroatoms. The van der Waals surface area contributed by atoms with E-state index in [1.165, 1.54) is 15.8 Å². The normalized spacial score (nSPS) is 17.6. The number of aromatic nitrogens is 1. The van der Waals surface area contributed by atoms with Crippen molar-refractivity contribution in [3.63, 3.8) is 0 Å². The molecule has 0 saturated heterocycles. The first-order chi connectivity index (χ1) is 11.7. The van der Waals surface area contributed by atoms with E-state index in [2.05, 4.69) is 34.5 Å². The van der Waals surface area contributed by atoms with E-state index in [0.29, 0.717) is 6.54 Å². The highest BCUT2D eigenvalue weighted by atomic mass is 32.1. The van der Waals surface area contributed by atoms with E-state index in [0.717, 1.165) is 23.5 Å². The molecular weight excluding hydrogens is 318 g/mol. The number of rotatable bonds is 3. The second kappa shape index (κ2) is 6.34. The number of nitrogens with one attached hydrogen (secondary N) is 1. The van der Waals surface area contributed by atoms with E-state index in [9.17, 15) is 4.79 Å². The van der Waals surface area contributed by atoms with Crippen LogP contribution in [0.2, 0.25) is 0 Å². The van der Waals surface area contributed by atoms with E-state index >= 15 is 0 Å². The summed E-state index contributed by atoms with van der Waals surface area (Å²) in [6.07, 6.45) is 0.751. The second-order valence-electron chi connectivity index (χ2n) is 6.08. The molecule has 122 valence electrons. The number of benzene rings is 2. The van der Waals surface area contributed by atoms with E-state index in [4.69, 9.17) is 4.98 Å². The van der Waals surface area contributed by atoms with E-state index in [-0.39, 0.29) is 11.9 Å². The van der Waals surface area contributed by atoms with Crippen LogP contribution in [0.15, 0.2) is 48.5 Å². The Morgan fingerprint density at radius 3 is 2.75 bits per heavy atom. The molecular formula is C19H19N3OS. The van der Waals surface area contributed by atoms with Crippen LogP contribution in [-0.4, -0.2) is 28.9 Å². The van der Waals surface area contributed by atoms with Gasteiger partial charge in [0.05, 0.1) is 22.8 Å². The zero-order valence-electron chi connectivity index (χ0n) is 13.5. The molecule has 0 bridgehead atoms. The van der Waals surface area contributed by atoms with Crippen molar-refractivity contribution in [1.82, 2.24) is 15.2 Å². The van der Waals surface area contributed by atoms with Gasteiger partial charge < -0.3 is 5.32 Å². The van der Waals surface area contributed by atoms with Crippen molar-refractivity contribution in [1.29, 1.82) is 0 Å². The molecule has 2 heterocycles. The molecule has 0 saturated carbocycles. The van der Waals surface area contributed by atoms with E-state index < -0.39 is 0 Å². The lowest BCUT2D eigenvalue weighted by molar-refractivity contribution is -0.126. The van der Waals surface area contributed by atoms with Crippen LogP contribution in [0.5, 0.6) is 0 Å². The standard InChI is InChI=1S/C19H19N3OS/c1-20-19(23)16-10-13-6-2-3-7-14(13)11-22(16)12-18-21-15-8-4-5-9-17(15)24-18/h2-9,16H,10-12H2,1H3,(H,20,23)/t16-/m0/s1. The lowest BCUT2D eigenvalue weighted by Crippen LogP contribution is -2.49. The Hall–Kier alpha value is -2.24. The molecule has 1 aliphatic heterocycles. The zero-order valence-corrected chi connectivity index (χ0v) is 14.3. The number of para-hydroxylation sites is 1. The Kier molecular flexibility index (Phi) is 4.04. The fourth-order valence-electron chi connectivity index (χ4n) is 3.33. The van der Waals surface area contributed by atoms with Crippen molar-refractivity contribution in [3.05, 3.63) is 64.7 Å². The largest absolute Gasteiger partial charge is 0.358 e. The van der Waals surface area contributed by atoms with Gasteiger partial charge in [-0.15, -0.1) is 11.3 Å². The van der Waals surface area contributed by atoms with Crippen molar-refractivity contribution < 1.29 is 4.79 Å². The fraction of sp³-hybridized carbons (Fsp3) is 0.263. The summed E-state index contributed by atoms with van der Waals surface area (Å²) >= 11 is 1.71. The Labute approximate surface area is 145 Å². The van der Waals surface area contributed by atoms with Crippen LogP contribution in [0.3, 0.4) is 0 Å². The third-order valence-electron chi connectivity index (χ3n) is 4.57. The monoisotopic (exact) mass is 337 g/mol. The molecule has 0 spiro atoms. The number of hydrogen-bond donors (Lipinski definition) is 1. The van der Waals surface area contributed by atoms with Crippen molar-refractivity contribution in [2.45, 2.75) is 25.6 Å². The Bertz CT molecular complexity index is 856. The third kappa shape index (κ3) is 2.81. The van der Waals surface area contributed by atoms with Crippen LogP contribution >= 0.6 is 11.3 Å². The Morgan fingerprint density at radius 2 is 1.96 bits per heavy atom. The van der Waals surface area contributed by atoms with Crippen LogP contribution in [-0.2, 0) is 24.3 Å². The van der Waals surface area contributed by atoms with Gasteiger partial charge in [-0.05, 0) is 29.7 Å². The van der Waals surface area contributed by atoms with Crippen LogP contribution in [0.1, 0.15) is 16.1 Å². The predicted molar refractivity (Wildman–Crippen MR) is 96.9 cm³/mol. The highest BCUT2D eigenvalue weighted by molar-refractivity contribution is 7.18. The minimum absolute atomic E-state index is 0.0746. The summed E-state index contributed by atoms with van der Waals surface area (Å²) in [5.41, 5.74) is 3.61. The van der Waals surface area contributed by atoms with Crippen LogP contribution < -0.4 is 5.32 Å². The lowest BCUT2D eigenvalue weighted by Gasteiger charge is -2.35. The summed E-state index contributed by atoms with van der Waals surface area (Å²) in [6.45, 7) is 1.48. The third-order valence-corrected chi connectivity index (χ3v) is 5.59. The highest BCUT2D eigenvalue weighted by Gasteiger charge is 2.31. The second-order valence-corrected chi connectivity index (χ2v) is 7.20. The molecule has 24 heavy (non-hydrogen) atoms. The van der Waals surface area contributed by atoms with Gasteiger partial charge in [-0.2, -0.15) is 0 Å². The van der Waals surface area contributed by atoms with E-state index in [1.807, 2.05) is 24.3 Å². The van der Waals surface area contributed by atoms with Gasteiger partial charge in [0.2, 0.25) is 5.91 Å². The molecule has 2 aromatic carbocycles. The fourth-order valence-corrected chi connectivity index (χ4v) is 4.32. The summed E-state index contributed by atoms with van der Waals surface area (Å²) in [4.78, 5) is 19.3. The summed E-state index contributed by atoms with van der Waals surface area (Å²) in [7, 11) is 1.71. The molecule has 0 radical (unpaired) electrons. The van der Waals surface area contributed by atoms with Gasteiger partial charge in [0, 0.05) is 13.6 Å². The number of amides is 1. The first kappa shape index (κ1) is 15.3. The maximum absolute atomic E-state index is 12.4. The van der Waals surface area contributed by atoms with Gasteiger partial charge in [0.15, 0.2) is 0 Å². The number of hydrogen-bond acceptors (Lipinski definition) is 4. The summed E-state index contributed by atoms with van der Waals surface area (Å²) in [6, 6.07) is 16.4. The molecule has 1 aliphatic rings. The average molecular weight is 337 g/mol. The molecule has 4 nitrogen and oxygen atoms in total. The minimum Gasteiger partial charge on any atom is -0.358 e. The van der Waals surface area contributed by atoms with Crippen molar-refractivity contribution in [2.75, 3.05) is 7.05 Å². The highest BCUT2D eigenvalue weighted by Crippen LogP contribution is 2.28. The van der Waals surface area contributed by atoms with Crippen molar-refractivity contribution in [2.24, 2.45) is 0 Å². The van der Waals surface area contributed by atoms with Crippen molar-refractivity contribution >= 4 is 27.5 Å². The maximum Gasteiger partial charge on any atom is 0.237 e. The number of carbonyl (C=O) groups is 1. The van der Waals surface area contributed by atoms with Gasteiger partial charge in [0.1, 0.15) is 5.01 Å². The van der Waals surface area contributed by atoms with Gasteiger partial charge in [-0.3, -0.25) is 9.69 Å². The van der Waals surface area contributed by atoms with Crippen molar-refractivity contribution in [3.8, 4) is 0 Å². The molecule has 0 unspecified atom stereocenters. The van der Waals surface area contributed by atoms with E-state index in [1.54, 1.807) is 18.4 Å². The molecule has 1 N–H and O–H groups in total. The zero-order chi connectivity index (χ0) is 16.5. The molecule has 3 aromatic rings. The Balaban J connectivity index is 1.64. The van der Waals surface area contributed by atoms with Gasteiger partial charge in [-0.25, -0.2) is 4.98 Å². The predicted octanol–water partition coefficient (Wildman–Crippen LogP) is 2.97. The quantitative estimate of drug-likeness (QED) is 0.799. The smallest absolute Gasteiger partial charge is 0.237 e. The molecule has 0 aliphatic carbocycles. The van der Waals surface area contributed by atoms with Crippen LogP contribution in [0.4, 0.5) is 0 Å². The van der Waals surface area contributed by atoms with Crippen LogP contribution in [0.25, 0.3) is 10.2 Å². The molecule has 1 atom stereocenters. The maximum atomic E-state index is 12.4. The topological polar surface area (TPSA) is 45.2 Å². The summed E-state index contributed by atoms with van der Waals surface area (Å²) < 4.78 is 1.20. The SMILES string of the molecule is CNC(=O)[C@@H]1Cc2ccccc2CN1Cc1nc2ccccc2s1. The van der Waals surface area contributed by atoms with Gasteiger partial charge >= 0.3 is 0 Å². The number of thiazole rings is 1. The summed E-state index contributed by atoms with van der Waals surface area (Å²) in [5, 5.41) is 3.87. The molecule has 1 aromatic heterocycles. The number of nitrogens with zero attached hydrogens (tertiary/aromatic N) is 2.